The summed E-state index contributed by atoms with van der Waals surface area (Å²) in [5, 5.41) is 9.57. The Bertz CT molecular complexity index is 1090. The van der Waals surface area contributed by atoms with Crippen LogP contribution in [0.1, 0.15) is 63.9 Å². The van der Waals surface area contributed by atoms with Crippen molar-refractivity contribution in [1.29, 1.82) is 5.26 Å². The lowest BCUT2D eigenvalue weighted by Crippen LogP contribution is -2.20. The summed E-state index contributed by atoms with van der Waals surface area (Å²) in [5.74, 6) is -0.669. The number of allylic oxidation sites excluding steroid dienone is 1. The molecule has 2 rings (SSSR count). The molecule has 2 aromatic heterocycles. The summed E-state index contributed by atoms with van der Waals surface area (Å²) < 4.78 is 15.9. The molecular formula is C24H28N2O6S. The zero-order valence-electron chi connectivity index (χ0n) is 19.5. The molecule has 0 aliphatic carbocycles. The Labute approximate surface area is 197 Å². The molecule has 33 heavy (non-hydrogen) atoms. The summed E-state index contributed by atoms with van der Waals surface area (Å²) in [6.45, 7) is 10.8. The second kappa shape index (κ2) is 12.0. The Hall–Kier alpha value is -3.38. The minimum absolute atomic E-state index is 0.117. The monoisotopic (exact) mass is 472 g/mol. The largest absolute Gasteiger partial charge is 0.462 e. The van der Waals surface area contributed by atoms with E-state index in [0.717, 1.165) is 24.4 Å². The van der Waals surface area contributed by atoms with Crippen LogP contribution in [-0.2, 0) is 20.7 Å². The molecule has 2 aromatic rings. The predicted octanol–water partition coefficient (Wildman–Crippen LogP) is 4.57. The molecule has 0 N–H and O–H groups in total. The van der Waals surface area contributed by atoms with Crippen molar-refractivity contribution in [3.8, 4) is 6.07 Å². The fraction of sp³-hybridized carbons (Fsp3) is 0.417. The average molecular weight is 473 g/mol. The maximum atomic E-state index is 12.9. The highest BCUT2D eigenvalue weighted by Crippen LogP contribution is 2.31. The molecule has 8 nitrogen and oxygen atoms in total. The van der Waals surface area contributed by atoms with E-state index in [1.54, 1.807) is 32.9 Å². The highest BCUT2D eigenvalue weighted by Gasteiger charge is 2.28. The van der Waals surface area contributed by atoms with Crippen LogP contribution in [0, 0.1) is 18.3 Å². The van der Waals surface area contributed by atoms with Gasteiger partial charge in [0.25, 0.3) is 0 Å². The molecule has 0 radical (unpaired) electrons. The van der Waals surface area contributed by atoms with Crippen LogP contribution >= 0.6 is 11.3 Å². The minimum Gasteiger partial charge on any atom is -0.462 e. The second-order valence-electron chi connectivity index (χ2n) is 6.91. The van der Waals surface area contributed by atoms with E-state index in [4.69, 9.17) is 13.9 Å². The molecule has 0 bridgehead atoms. The van der Waals surface area contributed by atoms with Crippen molar-refractivity contribution in [3.63, 3.8) is 0 Å². The van der Waals surface area contributed by atoms with Crippen molar-refractivity contribution in [2.45, 2.75) is 41.0 Å². The molecule has 9 heteroatoms. The lowest BCUT2D eigenvalue weighted by molar-refractivity contribution is -0.114. The Balaban J connectivity index is 2.38. The van der Waals surface area contributed by atoms with Crippen LogP contribution in [0.4, 0.5) is 5.88 Å². The van der Waals surface area contributed by atoms with E-state index in [1.165, 1.54) is 6.08 Å². The maximum Gasteiger partial charge on any atom is 0.348 e. The first-order chi connectivity index (χ1) is 15.8. The molecule has 0 aliphatic heterocycles. The van der Waals surface area contributed by atoms with Gasteiger partial charge in [-0.25, -0.2) is 9.59 Å². The van der Waals surface area contributed by atoms with E-state index in [1.807, 2.05) is 24.8 Å². The van der Waals surface area contributed by atoms with E-state index < -0.39 is 17.7 Å². The molecule has 0 atom stereocenters. The summed E-state index contributed by atoms with van der Waals surface area (Å²) in [6, 6.07) is 5.38. The summed E-state index contributed by atoms with van der Waals surface area (Å²) in [6.07, 6.45) is 1.15. The number of anilines is 1. The number of nitriles is 1. The fourth-order valence-electron chi connectivity index (χ4n) is 3.24. The van der Waals surface area contributed by atoms with Gasteiger partial charge in [0.05, 0.1) is 24.4 Å². The summed E-state index contributed by atoms with van der Waals surface area (Å²) in [5.41, 5.74) is 0.448. The third-order valence-corrected chi connectivity index (χ3v) is 6.15. The van der Waals surface area contributed by atoms with Crippen molar-refractivity contribution < 1.29 is 28.3 Å². The standard InChI is InChI=1S/C24H28N2O6S/c1-6-26(7-2)20-11-10-17(32-20)12-16(14-25)18(27)13-19-21(23(28)30-8-3)15(5)22(33-19)24(29)31-9-4/h10-12H,6-9,13H2,1-5H3/b16-12+. The number of hydrogen-bond acceptors (Lipinski definition) is 9. The van der Waals surface area contributed by atoms with Crippen molar-refractivity contribution in [2.24, 2.45) is 0 Å². The van der Waals surface area contributed by atoms with E-state index in [-0.39, 0.29) is 35.6 Å². The lowest BCUT2D eigenvalue weighted by Gasteiger charge is -2.16. The number of ketones is 1. The first kappa shape index (κ1) is 25.9. The van der Waals surface area contributed by atoms with Crippen molar-refractivity contribution >= 4 is 41.0 Å². The minimum atomic E-state index is -0.623. The maximum absolute atomic E-state index is 12.9. The van der Waals surface area contributed by atoms with Crippen LogP contribution in [0.15, 0.2) is 22.1 Å². The van der Waals surface area contributed by atoms with Gasteiger partial charge in [-0.1, -0.05) is 0 Å². The number of carbonyl (C=O) groups excluding carboxylic acids is 3. The highest BCUT2D eigenvalue weighted by molar-refractivity contribution is 7.14. The number of ether oxygens (including phenoxy) is 2. The molecule has 0 saturated heterocycles. The van der Waals surface area contributed by atoms with Crippen LogP contribution in [0.3, 0.4) is 0 Å². The smallest absolute Gasteiger partial charge is 0.348 e. The normalized spacial score (nSPS) is 11.1. The molecule has 0 spiro atoms. The number of rotatable bonds is 11. The third kappa shape index (κ3) is 6.11. The molecule has 0 amide bonds. The lowest BCUT2D eigenvalue weighted by atomic mass is 10.0. The number of thiophene rings is 1. The molecule has 0 saturated carbocycles. The number of furan rings is 1. The van der Waals surface area contributed by atoms with Gasteiger partial charge in [-0.15, -0.1) is 11.3 Å². The number of esters is 2. The molecular weight excluding hydrogens is 444 g/mol. The summed E-state index contributed by atoms with van der Waals surface area (Å²) >= 11 is 1.00. The van der Waals surface area contributed by atoms with Gasteiger partial charge in [0.2, 0.25) is 0 Å². The molecule has 2 heterocycles. The van der Waals surface area contributed by atoms with Crippen molar-refractivity contribution in [1.82, 2.24) is 0 Å². The number of Topliss-reactive ketones (excluding diaryl/α,β-unsaturated/α-hetero) is 1. The zero-order chi connectivity index (χ0) is 24.5. The summed E-state index contributed by atoms with van der Waals surface area (Å²) in [7, 11) is 0. The van der Waals surface area contributed by atoms with Gasteiger partial charge in [-0.2, -0.15) is 5.26 Å². The first-order valence-corrected chi connectivity index (χ1v) is 11.6. The number of carbonyl (C=O) groups is 3. The SMILES string of the molecule is CCOC(=O)c1sc(CC(=O)/C(C#N)=C/c2ccc(N(CC)CC)o2)c(C(=O)OCC)c1C. The number of nitrogens with zero attached hydrogens (tertiary/aromatic N) is 2. The van der Waals surface area contributed by atoms with E-state index in [2.05, 4.69) is 0 Å². The van der Waals surface area contributed by atoms with Crippen LogP contribution < -0.4 is 4.90 Å². The van der Waals surface area contributed by atoms with Crippen LogP contribution in [0.2, 0.25) is 0 Å². The first-order valence-electron chi connectivity index (χ1n) is 10.8. The van der Waals surface area contributed by atoms with Gasteiger partial charge in [0, 0.05) is 36.5 Å². The van der Waals surface area contributed by atoms with Gasteiger partial charge in [-0.05, 0) is 46.2 Å². The zero-order valence-corrected chi connectivity index (χ0v) is 20.3. The quantitative estimate of drug-likeness (QED) is 0.266. The van der Waals surface area contributed by atoms with Crippen LogP contribution in [0.5, 0.6) is 0 Å². The Kier molecular flexibility index (Phi) is 9.43. The molecule has 176 valence electrons. The van der Waals surface area contributed by atoms with Gasteiger partial charge < -0.3 is 18.8 Å². The Morgan fingerprint density at radius 3 is 2.30 bits per heavy atom. The van der Waals surface area contributed by atoms with E-state index >= 15 is 0 Å². The van der Waals surface area contributed by atoms with Crippen LogP contribution in [-0.4, -0.2) is 44.0 Å². The topological polar surface area (TPSA) is 110 Å². The Morgan fingerprint density at radius 2 is 1.73 bits per heavy atom. The van der Waals surface area contributed by atoms with E-state index in [9.17, 15) is 19.6 Å². The van der Waals surface area contributed by atoms with Gasteiger partial charge in [0.15, 0.2) is 11.7 Å². The molecule has 0 fully saturated rings. The van der Waals surface area contributed by atoms with Gasteiger partial charge in [0.1, 0.15) is 16.7 Å². The number of hydrogen-bond donors (Lipinski definition) is 0. The molecule has 0 unspecified atom stereocenters. The molecule has 0 aromatic carbocycles. The third-order valence-electron chi connectivity index (χ3n) is 4.88. The Morgan fingerprint density at radius 1 is 1.09 bits per heavy atom. The van der Waals surface area contributed by atoms with Crippen molar-refractivity contribution in [2.75, 3.05) is 31.2 Å². The van der Waals surface area contributed by atoms with Gasteiger partial charge in [-0.3, -0.25) is 4.79 Å². The fourth-order valence-corrected chi connectivity index (χ4v) is 4.43. The van der Waals surface area contributed by atoms with Crippen molar-refractivity contribution in [3.05, 3.63) is 44.3 Å². The summed E-state index contributed by atoms with van der Waals surface area (Å²) in [4.78, 5) is 40.4. The van der Waals surface area contributed by atoms with Gasteiger partial charge >= 0.3 is 11.9 Å². The highest BCUT2D eigenvalue weighted by atomic mass is 32.1. The van der Waals surface area contributed by atoms with Crippen LogP contribution in [0.25, 0.3) is 6.08 Å². The predicted molar refractivity (Wildman–Crippen MR) is 126 cm³/mol. The average Bonchev–Trinajstić information content (AvgIpc) is 3.37. The molecule has 0 aliphatic rings. The second-order valence-corrected chi connectivity index (χ2v) is 8.02. The van der Waals surface area contributed by atoms with E-state index in [0.29, 0.717) is 22.1 Å².